The molecule has 1 aromatic carbocycles. The number of rotatable bonds is 3. The van der Waals surface area contributed by atoms with E-state index in [1.54, 1.807) is 13.8 Å². The largest absolute Gasteiger partial charge is 0.361 e. The second-order valence-electron chi connectivity index (χ2n) is 4.34. The van der Waals surface area contributed by atoms with Crippen LogP contribution >= 0.6 is 0 Å². The number of hydrogen-bond donors (Lipinski definition) is 2. The van der Waals surface area contributed by atoms with Crippen LogP contribution in [0.3, 0.4) is 0 Å². The van der Waals surface area contributed by atoms with E-state index in [-0.39, 0.29) is 16.1 Å². The molecule has 1 heterocycles. The summed E-state index contributed by atoms with van der Waals surface area (Å²) in [5, 5.41) is 10.8. The van der Waals surface area contributed by atoms with Gasteiger partial charge in [-0.15, -0.1) is 0 Å². The van der Waals surface area contributed by atoms with E-state index in [1.807, 2.05) is 0 Å². The Labute approximate surface area is 120 Å². The normalized spacial score (nSPS) is 11.4. The van der Waals surface area contributed by atoms with Crippen LogP contribution in [0.15, 0.2) is 27.6 Å². The SMILES string of the molecule is Cc1noc(C)c1C(=O)Nc1ccc(S(N)(=O)=O)cc1F. The maximum atomic E-state index is 13.8. The number of hydrogen-bond acceptors (Lipinski definition) is 5. The van der Waals surface area contributed by atoms with E-state index in [2.05, 4.69) is 10.5 Å². The van der Waals surface area contributed by atoms with Crippen molar-refractivity contribution in [1.82, 2.24) is 5.16 Å². The molecule has 0 atom stereocenters. The number of nitrogens with one attached hydrogen (secondary N) is 1. The molecule has 7 nitrogen and oxygen atoms in total. The highest BCUT2D eigenvalue weighted by Crippen LogP contribution is 2.20. The van der Waals surface area contributed by atoms with Gasteiger partial charge in [0.25, 0.3) is 5.91 Å². The standard InChI is InChI=1S/C12H12FN3O4S/c1-6-11(7(2)20-16-6)12(17)15-10-4-3-8(5-9(10)13)21(14,18)19/h3-5H,1-2H3,(H,15,17)(H2,14,18,19). The van der Waals surface area contributed by atoms with Crippen molar-refractivity contribution in [3.8, 4) is 0 Å². The van der Waals surface area contributed by atoms with Crippen LogP contribution in [0.5, 0.6) is 0 Å². The van der Waals surface area contributed by atoms with Gasteiger partial charge < -0.3 is 9.84 Å². The minimum atomic E-state index is -4.00. The molecule has 0 unspecified atom stereocenters. The minimum Gasteiger partial charge on any atom is -0.361 e. The quantitative estimate of drug-likeness (QED) is 0.887. The molecular formula is C12H12FN3O4S. The highest BCUT2D eigenvalue weighted by Gasteiger charge is 2.19. The molecule has 1 amide bonds. The molecule has 21 heavy (non-hydrogen) atoms. The predicted molar refractivity (Wildman–Crippen MR) is 71.7 cm³/mol. The van der Waals surface area contributed by atoms with Crippen LogP contribution in [0.4, 0.5) is 10.1 Å². The van der Waals surface area contributed by atoms with Gasteiger partial charge in [-0.05, 0) is 32.0 Å². The monoisotopic (exact) mass is 313 g/mol. The van der Waals surface area contributed by atoms with E-state index in [0.29, 0.717) is 11.5 Å². The van der Waals surface area contributed by atoms with Gasteiger partial charge in [-0.2, -0.15) is 0 Å². The highest BCUT2D eigenvalue weighted by atomic mass is 32.2. The fourth-order valence-corrected chi connectivity index (χ4v) is 2.29. The second-order valence-corrected chi connectivity index (χ2v) is 5.90. The molecular weight excluding hydrogens is 301 g/mol. The zero-order valence-corrected chi connectivity index (χ0v) is 12.0. The number of nitrogens with zero attached hydrogens (tertiary/aromatic N) is 1. The summed E-state index contributed by atoms with van der Waals surface area (Å²) in [5.74, 6) is -1.22. The minimum absolute atomic E-state index is 0.174. The Morgan fingerprint density at radius 3 is 2.52 bits per heavy atom. The molecule has 2 rings (SSSR count). The molecule has 0 bridgehead atoms. The molecule has 0 aliphatic carbocycles. The number of nitrogens with two attached hydrogens (primary N) is 1. The first-order valence-electron chi connectivity index (χ1n) is 5.76. The lowest BCUT2D eigenvalue weighted by atomic mass is 10.2. The maximum Gasteiger partial charge on any atom is 0.261 e. The van der Waals surface area contributed by atoms with Crippen LogP contribution in [0.25, 0.3) is 0 Å². The molecule has 0 aliphatic heterocycles. The fraction of sp³-hybridized carbons (Fsp3) is 0.167. The fourth-order valence-electron chi connectivity index (χ4n) is 1.77. The van der Waals surface area contributed by atoms with Gasteiger partial charge in [0.05, 0.1) is 16.3 Å². The molecule has 1 aromatic heterocycles. The Bertz CT molecular complexity index is 794. The number of benzene rings is 1. The summed E-state index contributed by atoms with van der Waals surface area (Å²) in [4.78, 5) is 11.7. The second kappa shape index (κ2) is 5.26. The van der Waals surface area contributed by atoms with E-state index in [9.17, 15) is 17.6 Å². The topological polar surface area (TPSA) is 115 Å². The summed E-state index contributed by atoms with van der Waals surface area (Å²) < 4.78 is 40.9. The smallest absolute Gasteiger partial charge is 0.261 e. The number of carbonyl (C=O) groups is 1. The highest BCUT2D eigenvalue weighted by molar-refractivity contribution is 7.89. The van der Waals surface area contributed by atoms with Crippen LogP contribution in [-0.2, 0) is 10.0 Å². The van der Waals surface area contributed by atoms with Gasteiger partial charge in [-0.3, -0.25) is 4.79 Å². The van der Waals surface area contributed by atoms with Gasteiger partial charge in [0, 0.05) is 0 Å². The first-order chi connectivity index (χ1) is 9.70. The lowest BCUT2D eigenvalue weighted by molar-refractivity contribution is 0.102. The lowest BCUT2D eigenvalue weighted by Gasteiger charge is -2.07. The molecule has 0 fully saturated rings. The summed E-state index contributed by atoms with van der Waals surface area (Å²) in [5.41, 5.74) is 0.392. The van der Waals surface area contributed by atoms with Crippen molar-refractivity contribution in [1.29, 1.82) is 0 Å². The number of carbonyl (C=O) groups excluding carboxylic acids is 1. The van der Waals surface area contributed by atoms with E-state index in [4.69, 9.17) is 9.66 Å². The number of aryl methyl sites for hydroxylation is 2. The van der Waals surface area contributed by atoms with Gasteiger partial charge in [0.1, 0.15) is 17.1 Å². The number of anilines is 1. The third kappa shape index (κ3) is 3.09. The molecule has 112 valence electrons. The molecule has 0 radical (unpaired) electrons. The first kappa shape index (κ1) is 15.1. The Kier molecular flexibility index (Phi) is 3.79. The van der Waals surface area contributed by atoms with E-state index in [0.717, 1.165) is 18.2 Å². The van der Waals surface area contributed by atoms with Crippen molar-refractivity contribution in [2.45, 2.75) is 18.7 Å². The van der Waals surface area contributed by atoms with E-state index >= 15 is 0 Å². The van der Waals surface area contributed by atoms with Crippen molar-refractivity contribution in [3.05, 3.63) is 41.0 Å². The summed E-state index contributed by atoms with van der Waals surface area (Å²) >= 11 is 0. The van der Waals surface area contributed by atoms with Crippen LogP contribution in [0, 0.1) is 19.7 Å². The molecule has 0 saturated carbocycles. The van der Waals surface area contributed by atoms with Gasteiger partial charge in [-0.25, -0.2) is 17.9 Å². The third-order valence-electron chi connectivity index (χ3n) is 2.78. The van der Waals surface area contributed by atoms with Gasteiger partial charge in [0.2, 0.25) is 10.0 Å². The summed E-state index contributed by atoms with van der Waals surface area (Å²) in [6.45, 7) is 3.13. The number of primary sulfonamides is 1. The van der Waals surface area contributed by atoms with Gasteiger partial charge in [-0.1, -0.05) is 5.16 Å². The molecule has 0 spiro atoms. The number of aromatic nitrogens is 1. The molecule has 0 saturated heterocycles. The Hall–Kier alpha value is -2.26. The third-order valence-corrected chi connectivity index (χ3v) is 3.69. The lowest BCUT2D eigenvalue weighted by Crippen LogP contribution is -2.16. The predicted octanol–water partition coefficient (Wildman–Crippen LogP) is 1.33. The zero-order chi connectivity index (χ0) is 15.8. The maximum absolute atomic E-state index is 13.8. The first-order valence-corrected chi connectivity index (χ1v) is 7.31. The average molecular weight is 313 g/mol. The Morgan fingerprint density at radius 2 is 2.05 bits per heavy atom. The van der Waals surface area contributed by atoms with Crippen LogP contribution in [0.1, 0.15) is 21.8 Å². The van der Waals surface area contributed by atoms with Gasteiger partial charge in [0.15, 0.2) is 0 Å². The van der Waals surface area contributed by atoms with Crippen LogP contribution in [-0.4, -0.2) is 19.5 Å². The van der Waals surface area contributed by atoms with Crippen molar-refractivity contribution >= 4 is 21.6 Å². The zero-order valence-electron chi connectivity index (χ0n) is 11.2. The van der Waals surface area contributed by atoms with Gasteiger partial charge >= 0.3 is 0 Å². The van der Waals surface area contributed by atoms with Crippen molar-refractivity contribution in [2.75, 3.05) is 5.32 Å². The number of sulfonamides is 1. The molecule has 0 aliphatic rings. The van der Waals surface area contributed by atoms with Crippen LogP contribution < -0.4 is 10.5 Å². The van der Waals surface area contributed by atoms with Crippen molar-refractivity contribution in [3.63, 3.8) is 0 Å². The molecule has 9 heteroatoms. The summed E-state index contributed by atoms with van der Waals surface area (Å²) in [6.07, 6.45) is 0. The number of halogens is 1. The van der Waals surface area contributed by atoms with E-state index < -0.39 is 21.7 Å². The summed E-state index contributed by atoms with van der Waals surface area (Å²) in [6, 6.07) is 2.95. The van der Waals surface area contributed by atoms with Crippen LogP contribution in [0.2, 0.25) is 0 Å². The molecule has 3 N–H and O–H groups in total. The summed E-state index contributed by atoms with van der Waals surface area (Å²) in [7, 11) is -4.00. The average Bonchev–Trinajstić information content (AvgIpc) is 2.70. The number of amides is 1. The molecule has 2 aromatic rings. The Balaban J connectivity index is 2.31. The van der Waals surface area contributed by atoms with Crippen molar-refractivity contribution in [2.24, 2.45) is 5.14 Å². The Morgan fingerprint density at radius 1 is 1.38 bits per heavy atom. The van der Waals surface area contributed by atoms with Crippen molar-refractivity contribution < 1.29 is 22.1 Å². The van der Waals surface area contributed by atoms with E-state index in [1.165, 1.54) is 0 Å².